The molecule has 0 aliphatic heterocycles. The molecule has 0 unspecified atom stereocenters. The second-order valence-electron chi connectivity index (χ2n) is 4.99. The van der Waals surface area contributed by atoms with Crippen LogP contribution in [0.2, 0.25) is 0 Å². The predicted molar refractivity (Wildman–Crippen MR) is 84.1 cm³/mol. The number of aromatic nitrogens is 2. The number of carbonyl (C=O) groups is 2. The van der Waals surface area contributed by atoms with Gasteiger partial charge in [-0.2, -0.15) is 5.10 Å². The summed E-state index contributed by atoms with van der Waals surface area (Å²) in [6.45, 7) is 6.40. The highest BCUT2D eigenvalue weighted by atomic mass is 16.4. The quantitative estimate of drug-likeness (QED) is 0.680. The van der Waals surface area contributed by atoms with Crippen LogP contribution in [0, 0.1) is 13.8 Å². The van der Waals surface area contributed by atoms with Crippen molar-refractivity contribution in [2.45, 2.75) is 27.3 Å². The molecule has 0 radical (unpaired) electrons. The molecule has 1 aromatic heterocycles. The summed E-state index contributed by atoms with van der Waals surface area (Å²) in [5.41, 5.74) is 3.20. The van der Waals surface area contributed by atoms with Crippen LogP contribution in [-0.4, -0.2) is 26.6 Å². The fraction of sp³-hybridized carbons (Fsp3) is 0.235. The number of carboxylic acids is 1. The molecule has 0 spiro atoms. The number of carboxylic acid groups (broad SMARTS) is 1. The summed E-state index contributed by atoms with van der Waals surface area (Å²) in [5, 5.41) is 13.2. The minimum atomic E-state index is -0.968. The van der Waals surface area contributed by atoms with Crippen LogP contribution in [0.15, 0.2) is 30.3 Å². The van der Waals surface area contributed by atoms with Gasteiger partial charge in [-0.15, -0.1) is 0 Å². The third kappa shape index (κ3) is 3.14. The van der Waals surface area contributed by atoms with Crippen LogP contribution in [0.5, 0.6) is 0 Å². The number of aromatic carboxylic acids is 1. The third-order valence-corrected chi connectivity index (χ3v) is 3.51. The molecular weight excluding hydrogens is 280 g/mol. The molecule has 0 amide bonds. The molecule has 2 aromatic rings. The number of hydrogen-bond donors (Lipinski definition) is 1. The smallest absolute Gasteiger partial charge is 0.335 e. The van der Waals surface area contributed by atoms with Crippen molar-refractivity contribution in [1.29, 1.82) is 0 Å². The van der Waals surface area contributed by atoms with Gasteiger partial charge in [0.05, 0.1) is 16.8 Å². The van der Waals surface area contributed by atoms with Crippen LogP contribution in [0.1, 0.15) is 44.6 Å². The normalized spacial score (nSPS) is 11.0. The third-order valence-electron chi connectivity index (χ3n) is 3.51. The van der Waals surface area contributed by atoms with Crippen molar-refractivity contribution < 1.29 is 14.7 Å². The van der Waals surface area contributed by atoms with Crippen LogP contribution < -0.4 is 0 Å². The lowest BCUT2D eigenvalue weighted by atomic mass is 10.1. The van der Waals surface area contributed by atoms with Crippen LogP contribution in [0.3, 0.4) is 0 Å². The average Bonchev–Trinajstić information content (AvgIpc) is 2.79. The Hall–Kier alpha value is -2.69. The Kier molecular flexibility index (Phi) is 4.56. The summed E-state index contributed by atoms with van der Waals surface area (Å²) in [7, 11) is 0. The van der Waals surface area contributed by atoms with Crippen molar-refractivity contribution >= 4 is 17.8 Å². The standard InChI is InChI=1S/C17H18N2O3/c1-4-19-12(3)16(11(2)18-19)15(20)10-7-13-5-8-14(9-6-13)17(21)22/h5-10H,4H2,1-3H3,(H,21,22)/b10-7+. The Balaban J connectivity index is 2.21. The van der Waals surface area contributed by atoms with Crippen LogP contribution in [0.4, 0.5) is 0 Å². The second kappa shape index (κ2) is 6.39. The van der Waals surface area contributed by atoms with Gasteiger partial charge in [0.15, 0.2) is 5.78 Å². The van der Waals surface area contributed by atoms with E-state index in [-0.39, 0.29) is 11.3 Å². The molecule has 114 valence electrons. The minimum absolute atomic E-state index is 0.1000. The van der Waals surface area contributed by atoms with E-state index in [1.807, 2.05) is 20.8 Å². The number of allylic oxidation sites excluding steroid dienone is 1. The summed E-state index contributed by atoms with van der Waals surface area (Å²) in [6, 6.07) is 6.36. The Labute approximate surface area is 128 Å². The maximum atomic E-state index is 12.3. The van der Waals surface area contributed by atoms with E-state index in [1.54, 1.807) is 22.9 Å². The molecule has 0 saturated heterocycles. The number of ketones is 1. The van der Waals surface area contributed by atoms with Crippen molar-refractivity contribution in [2.75, 3.05) is 0 Å². The van der Waals surface area contributed by atoms with Crippen molar-refractivity contribution in [3.05, 3.63) is 58.4 Å². The summed E-state index contributed by atoms with van der Waals surface area (Å²) in [6.07, 6.45) is 3.17. The van der Waals surface area contributed by atoms with E-state index in [1.165, 1.54) is 18.2 Å². The average molecular weight is 298 g/mol. The Bertz CT molecular complexity index is 740. The molecule has 22 heavy (non-hydrogen) atoms. The first kappa shape index (κ1) is 15.7. The van der Waals surface area contributed by atoms with Crippen LogP contribution in [0.25, 0.3) is 6.08 Å². The van der Waals surface area contributed by atoms with Crippen LogP contribution >= 0.6 is 0 Å². The van der Waals surface area contributed by atoms with Gasteiger partial charge in [-0.05, 0) is 44.5 Å². The summed E-state index contributed by atoms with van der Waals surface area (Å²) in [5.74, 6) is -1.07. The predicted octanol–water partition coefficient (Wildman–Crippen LogP) is 3.11. The molecule has 0 fully saturated rings. The van der Waals surface area contributed by atoms with Crippen molar-refractivity contribution in [3.63, 3.8) is 0 Å². The Morgan fingerprint density at radius 2 is 1.86 bits per heavy atom. The van der Waals surface area contributed by atoms with Gasteiger partial charge in [0.2, 0.25) is 0 Å². The minimum Gasteiger partial charge on any atom is -0.478 e. The van der Waals surface area contributed by atoms with E-state index >= 15 is 0 Å². The van der Waals surface area contributed by atoms with E-state index in [0.717, 1.165) is 23.5 Å². The Morgan fingerprint density at radius 1 is 1.23 bits per heavy atom. The maximum Gasteiger partial charge on any atom is 0.335 e. The van der Waals surface area contributed by atoms with Gasteiger partial charge in [-0.1, -0.05) is 18.2 Å². The zero-order valence-electron chi connectivity index (χ0n) is 12.8. The second-order valence-corrected chi connectivity index (χ2v) is 4.99. The van der Waals surface area contributed by atoms with Gasteiger partial charge in [0, 0.05) is 12.2 Å². The number of hydrogen-bond acceptors (Lipinski definition) is 3. The molecular formula is C17H18N2O3. The lowest BCUT2D eigenvalue weighted by Crippen LogP contribution is -2.02. The van der Waals surface area contributed by atoms with Gasteiger partial charge in [-0.3, -0.25) is 9.48 Å². The van der Waals surface area contributed by atoms with Crippen LogP contribution in [-0.2, 0) is 6.54 Å². The van der Waals surface area contributed by atoms with Crippen molar-refractivity contribution in [1.82, 2.24) is 9.78 Å². The van der Waals surface area contributed by atoms with Gasteiger partial charge in [0.1, 0.15) is 0 Å². The number of benzene rings is 1. The summed E-state index contributed by atoms with van der Waals surface area (Å²) >= 11 is 0. The largest absolute Gasteiger partial charge is 0.478 e. The highest BCUT2D eigenvalue weighted by Crippen LogP contribution is 2.15. The van der Waals surface area contributed by atoms with Gasteiger partial charge in [0.25, 0.3) is 0 Å². The molecule has 5 nitrogen and oxygen atoms in total. The van der Waals surface area contributed by atoms with Gasteiger partial charge < -0.3 is 5.11 Å². The first-order valence-corrected chi connectivity index (χ1v) is 7.03. The summed E-state index contributed by atoms with van der Waals surface area (Å²) in [4.78, 5) is 23.1. The zero-order valence-corrected chi connectivity index (χ0v) is 12.8. The van der Waals surface area contributed by atoms with E-state index in [9.17, 15) is 9.59 Å². The zero-order chi connectivity index (χ0) is 16.3. The summed E-state index contributed by atoms with van der Waals surface area (Å²) < 4.78 is 1.80. The van der Waals surface area contributed by atoms with E-state index in [4.69, 9.17) is 5.11 Å². The highest BCUT2D eigenvalue weighted by Gasteiger charge is 2.15. The topological polar surface area (TPSA) is 72.2 Å². The molecule has 0 aliphatic carbocycles. The van der Waals surface area contributed by atoms with Gasteiger partial charge in [-0.25, -0.2) is 4.79 Å². The molecule has 0 aliphatic rings. The van der Waals surface area contributed by atoms with Gasteiger partial charge >= 0.3 is 5.97 Å². The fourth-order valence-electron chi connectivity index (χ4n) is 2.35. The molecule has 1 heterocycles. The molecule has 2 rings (SSSR count). The number of nitrogens with zero attached hydrogens (tertiary/aromatic N) is 2. The number of aryl methyl sites for hydroxylation is 2. The van der Waals surface area contributed by atoms with E-state index in [0.29, 0.717) is 5.56 Å². The maximum absolute atomic E-state index is 12.3. The molecule has 0 atom stereocenters. The lowest BCUT2D eigenvalue weighted by molar-refractivity contribution is 0.0696. The first-order valence-electron chi connectivity index (χ1n) is 7.03. The Morgan fingerprint density at radius 3 is 2.36 bits per heavy atom. The number of rotatable bonds is 5. The van der Waals surface area contributed by atoms with E-state index < -0.39 is 5.97 Å². The monoisotopic (exact) mass is 298 g/mol. The molecule has 1 N–H and O–H groups in total. The lowest BCUT2D eigenvalue weighted by Gasteiger charge is -2.00. The van der Waals surface area contributed by atoms with Crippen molar-refractivity contribution in [2.24, 2.45) is 0 Å². The number of carbonyl (C=O) groups excluding carboxylic acids is 1. The van der Waals surface area contributed by atoms with E-state index in [2.05, 4.69) is 5.10 Å². The molecule has 0 saturated carbocycles. The molecule has 0 bridgehead atoms. The molecule has 5 heteroatoms. The van der Waals surface area contributed by atoms with Crippen molar-refractivity contribution in [3.8, 4) is 0 Å². The molecule has 1 aromatic carbocycles. The SMILES string of the molecule is CCn1nc(C)c(C(=O)/C=C/c2ccc(C(=O)O)cc2)c1C. The highest BCUT2D eigenvalue weighted by molar-refractivity contribution is 6.08. The first-order chi connectivity index (χ1) is 10.4. The fourth-order valence-corrected chi connectivity index (χ4v) is 2.35.